The number of benzene rings is 2. The van der Waals surface area contributed by atoms with Crippen molar-refractivity contribution in [3.8, 4) is 5.75 Å². The van der Waals surface area contributed by atoms with Crippen molar-refractivity contribution >= 4 is 33.7 Å². The molecule has 12 nitrogen and oxygen atoms in total. The fourth-order valence-electron chi connectivity index (χ4n) is 3.45. The van der Waals surface area contributed by atoms with Crippen molar-refractivity contribution in [1.82, 2.24) is 20.3 Å². The lowest BCUT2D eigenvalue weighted by atomic mass is 10.1. The number of hydrogen-bond donors (Lipinski definition) is 3. The highest BCUT2D eigenvalue weighted by molar-refractivity contribution is 7.90. The summed E-state index contributed by atoms with van der Waals surface area (Å²) in [7, 11) is -2.68. The Morgan fingerprint density at radius 1 is 0.829 bits per heavy atom. The third kappa shape index (κ3) is 9.14. The van der Waals surface area contributed by atoms with E-state index in [0.29, 0.717) is 13.0 Å². The van der Waals surface area contributed by atoms with Crippen LogP contribution in [0.2, 0.25) is 0 Å². The number of aromatic nitrogens is 1. The van der Waals surface area contributed by atoms with Crippen molar-refractivity contribution < 1.29 is 37.1 Å². The van der Waals surface area contributed by atoms with E-state index in [2.05, 4.69) is 15.6 Å². The van der Waals surface area contributed by atoms with Crippen LogP contribution in [0.4, 0.5) is 0 Å². The molecule has 41 heavy (non-hydrogen) atoms. The molecule has 3 amide bonds. The number of sulfonamides is 1. The summed E-state index contributed by atoms with van der Waals surface area (Å²) >= 11 is 0. The molecule has 13 heteroatoms. The number of nitrogens with one attached hydrogen (secondary N) is 3. The normalized spacial score (nSPS) is 10.9. The van der Waals surface area contributed by atoms with E-state index in [-0.39, 0.29) is 40.3 Å². The third-order valence-corrected chi connectivity index (χ3v) is 6.88. The quantitative estimate of drug-likeness (QED) is 0.270. The first-order chi connectivity index (χ1) is 19.5. The van der Waals surface area contributed by atoms with E-state index in [1.807, 2.05) is 29.0 Å². The Bertz CT molecular complexity index is 1490. The van der Waals surface area contributed by atoms with E-state index in [0.717, 1.165) is 17.5 Å². The van der Waals surface area contributed by atoms with Crippen LogP contribution in [0.25, 0.3) is 0 Å². The maximum atomic E-state index is 12.7. The van der Waals surface area contributed by atoms with Crippen molar-refractivity contribution in [2.75, 3.05) is 20.2 Å². The first-order valence-electron chi connectivity index (χ1n) is 12.5. The second-order valence-electron chi connectivity index (χ2n) is 8.97. The zero-order chi connectivity index (χ0) is 30.0. The van der Waals surface area contributed by atoms with Crippen molar-refractivity contribution in [3.63, 3.8) is 0 Å². The highest BCUT2D eigenvalue weighted by Crippen LogP contribution is 2.13. The van der Waals surface area contributed by atoms with E-state index in [1.165, 1.54) is 36.4 Å². The van der Waals surface area contributed by atoms with Gasteiger partial charge in [0.25, 0.3) is 27.7 Å². The van der Waals surface area contributed by atoms with Gasteiger partial charge in [-0.3, -0.25) is 24.2 Å². The number of ether oxygens (including phenoxy) is 2. The minimum atomic E-state index is -4.26. The smallest absolute Gasteiger partial charge is 0.325 e. The highest BCUT2D eigenvalue weighted by Gasteiger charge is 2.20. The number of carbonyl (C=O) groups is 4. The largest absolute Gasteiger partial charge is 0.497 e. The van der Waals surface area contributed by atoms with Gasteiger partial charge in [0.1, 0.15) is 18.0 Å². The lowest BCUT2D eigenvalue weighted by molar-refractivity contribution is -0.146. The number of nitrogens with zero attached hydrogens (tertiary/aromatic N) is 1. The molecule has 0 fully saturated rings. The molecule has 0 bridgehead atoms. The maximum absolute atomic E-state index is 12.7. The van der Waals surface area contributed by atoms with Crippen LogP contribution in [0.3, 0.4) is 0 Å². The Morgan fingerprint density at radius 3 is 2.07 bits per heavy atom. The van der Waals surface area contributed by atoms with Crippen molar-refractivity contribution in [2.45, 2.75) is 31.3 Å². The topological polar surface area (TPSA) is 170 Å². The van der Waals surface area contributed by atoms with Crippen LogP contribution in [0, 0.1) is 0 Å². The summed E-state index contributed by atoms with van der Waals surface area (Å²) in [6, 6.07) is 15.0. The monoisotopic (exact) mass is 582 g/mol. The van der Waals surface area contributed by atoms with Gasteiger partial charge in [-0.25, -0.2) is 13.1 Å². The number of methoxy groups -OCH3 is 1. The van der Waals surface area contributed by atoms with Gasteiger partial charge in [0.15, 0.2) is 0 Å². The van der Waals surface area contributed by atoms with Crippen molar-refractivity contribution in [2.24, 2.45) is 0 Å². The Hall–Kier alpha value is -4.78. The minimum Gasteiger partial charge on any atom is -0.497 e. The van der Waals surface area contributed by atoms with E-state index < -0.39 is 27.8 Å². The zero-order valence-corrected chi connectivity index (χ0v) is 23.5. The molecular weight excluding hydrogens is 552 g/mol. The molecule has 2 aromatic carbocycles. The Morgan fingerprint density at radius 2 is 1.49 bits per heavy atom. The highest BCUT2D eigenvalue weighted by atomic mass is 32.2. The predicted molar refractivity (Wildman–Crippen MR) is 148 cm³/mol. The molecule has 3 N–H and O–H groups in total. The van der Waals surface area contributed by atoms with Gasteiger partial charge in [-0.05, 0) is 74.4 Å². The molecule has 0 atom stereocenters. The van der Waals surface area contributed by atoms with Crippen molar-refractivity contribution in [1.29, 1.82) is 0 Å². The summed E-state index contributed by atoms with van der Waals surface area (Å²) in [6.45, 7) is 3.36. The molecule has 3 rings (SSSR count). The zero-order valence-electron chi connectivity index (χ0n) is 22.7. The van der Waals surface area contributed by atoms with Crippen LogP contribution in [0.5, 0.6) is 5.75 Å². The molecule has 0 radical (unpaired) electrons. The number of hydrogen-bond acceptors (Lipinski definition) is 9. The summed E-state index contributed by atoms with van der Waals surface area (Å²) in [5.74, 6) is -1.89. The molecule has 216 valence electrons. The number of rotatable bonds is 12. The van der Waals surface area contributed by atoms with Gasteiger partial charge in [-0.1, -0.05) is 12.1 Å². The van der Waals surface area contributed by atoms with E-state index in [4.69, 9.17) is 9.47 Å². The first-order valence-corrected chi connectivity index (χ1v) is 14.0. The third-order valence-electron chi connectivity index (χ3n) is 5.53. The molecule has 3 aromatic rings. The Kier molecular flexibility index (Phi) is 10.5. The summed E-state index contributed by atoms with van der Waals surface area (Å²) in [5.41, 5.74) is 1.07. The molecule has 0 saturated carbocycles. The number of amides is 3. The molecule has 0 spiro atoms. The molecule has 1 heterocycles. The predicted octanol–water partition coefficient (Wildman–Crippen LogP) is 1.86. The van der Waals surface area contributed by atoms with Gasteiger partial charge in [0.05, 0.1) is 23.7 Å². The lowest BCUT2D eigenvalue weighted by Gasteiger charge is -2.10. The summed E-state index contributed by atoms with van der Waals surface area (Å²) < 4.78 is 37.4. The molecule has 0 aliphatic carbocycles. The fraction of sp³-hybridized carbons (Fsp3) is 0.250. The summed E-state index contributed by atoms with van der Waals surface area (Å²) in [5, 5.41) is 5.12. The molecule has 0 aliphatic heterocycles. The van der Waals surface area contributed by atoms with Crippen LogP contribution in [0.1, 0.15) is 50.6 Å². The summed E-state index contributed by atoms with van der Waals surface area (Å²) in [6.07, 6.45) is 1.30. The first kappa shape index (κ1) is 30.8. The maximum Gasteiger partial charge on any atom is 0.325 e. The van der Waals surface area contributed by atoms with Gasteiger partial charge >= 0.3 is 5.97 Å². The van der Waals surface area contributed by atoms with E-state index in [9.17, 15) is 27.6 Å². The molecule has 0 unspecified atom stereocenters. The Labute approximate surface area is 237 Å². The number of pyridine rings is 1. The summed E-state index contributed by atoms with van der Waals surface area (Å²) in [4.78, 5) is 52.3. The van der Waals surface area contributed by atoms with Crippen LogP contribution < -0.4 is 20.1 Å². The van der Waals surface area contributed by atoms with Gasteiger partial charge in [-0.15, -0.1) is 0 Å². The van der Waals surface area contributed by atoms with Crippen LogP contribution in [0.15, 0.2) is 71.8 Å². The SMILES string of the molecule is COc1ccc(CCNC(=O)c2ccc(S(=O)(=O)NC(=O)c3ccc(C(=O)NCC(=O)OC(C)C)nc3)cc2)cc1. The van der Waals surface area contributed by atoms with Crippen LogP contribution in [-0.4, -0.2) is 63.4 Å². The second-order valence-corrected chi connectivity index (χ2v) is 10.6. The number of esters is 1. The average Bonchev–Trinajstić information content (AvgIpc) is 2.95. The van der Waals surface area contributed by atoms with E-state index in [1.54, 1.807) is 21.0 Å². The van der Waals surface area contributed by atoms with Gasteiger partial charge in [-0.2, -0.15) is 0 Å². The lowest BCUT2D eigenvalue weighted by Crippen LogP contribution is -2.32. The minimum absolute atomic E-state index is 0.0837. The fourth-order valence-corrected chi connectivity index (χ4v) is 4.42. The van der Waals surface area contributed by atoms with E-state index >= 15 is 0 Å². The molecule has 1 aromatic heterocycles. The van der Waals surface area contributed by atoms with Gasteiger partial charge < -0.3 is 20.1 Å². The second kappa shape index (κ2) is 14.0. The average molecular weight is 583 g/mol. The van der Waals surface area contributed by atoms with Crippen LogP contribution >= 0.6 is 0 Å². The van der Waals surface area contributed by atoms with Gasteiger partial charge in [0.2, 0.25) is 0 Å². The molecular formula is C28H30N4O8S. The van der Waals surface area contributed by atoms with Crippen molar-refractivity contribution in [3.05, 3.63) is 89.2 Å². The standard InChI is InChI=1S/C28H30N4O8S/c1-18(2)40-25(33)17-31-28(36)24-13-8-21(16-30-24)27(35)32-41(37,38)23-11-6-20(7-12-23)26(34)29-15-14-19-4-9-22(39-3)10-5-19/h4-13,16,18H,14-15,17H2,1-3H3,(H,29,34)(H,31,36)(H,32,35). The molecule has 0 saturated heterocycles. The molecule has 0 aliphatic rings. The Balaban J connectivity index is 1.52. The number of carbonyl (C=O) groups excluding carboxylic acids is 4. The van der Waals surface area contributed by atoms with Gasteiger partial charge in [0, 0.05) is 18.3 Å². The van der Waals surface area contributed by atoms with Crippen LogP contribution in [-0.2, 0) is 26.0 Å².